The van der Waals surface area contributed by atoms with E-state index in [4.69, 9.17) is 19.9 Å². The molecule has 0 aliphatic rings. The maximum Gasteiger partial charge on any atom is 0.490 e. The van der Waals surface area contributed by atoms with Gasteiger partial charge in [-0.2, -0.15) is 0 Å². The topological polar surface area (TPSA) is 69.9 Å². The van der Waals surface area contributed by atoms with Crippen molar-refractivity contribution in [1.82, 2.24) is 0 Å². The van der Waals surface area contributed by atoms with E-state index in [2.05, 4.69) is 0 Å². The van der Waals surface area contributed by atoms with Crippen LogP contribution >= 0.6 is 0 Å². The fourth-order valence-corrected chi connectivity index (χ4v) is 0.754. The molecule has 78 valence electrons. The summed E-state index contributed by atoms with van der Waals surface area (Å²) in [6, 6.07) is 9.24. The van der Waals surface area contributed by atoms with Crippen LogP contribution in [0.3, 0.4) is 0 Å². The third-order valence-electron chi connectivity index (χ3n) is 1.41. The Morgan fingerprint density at radius 1 is 1.14 bits per heavy atom. The summed E-state index contributed by atoms with van der Waals surface area (Å²) in [5.74, 6) is 0. The van der Waals surface area contributed by atoms with Gasteiger partial charge < -0.3 is 19.9 Å². The Balaban J connectivity index is 0.000000364. The quantitative estimate of drug-likeness (QED) is 0.544. The van der Waals surface area contributed by atoms with Gasteiger partial charge >= 0.3 is 7.12 Å². The van der Waals surface area contributed by atoms with Gasteiger partial charge in [-0.25, -0.2) is 0 Å². The van der Waals surface area contributed by atoms with Crippen molar-refractivity contribution >= 4 is 12.6 Å². The van der Waals surface area contributed by atoms with Crippen molar-refractivity contribution < 1.29 is 19.9 Å². The first-order valence-corrected chi connectivity index (χ1v) is 4.23. The minimum absolute atomic E-state index is 0.125. The van der Waals surface area contributed by atoms with E-state index in [1.54, 1.807) is 0 Å². The predicted molar refractivity (Wildman–Crippen MR) is 55.2 cm³/mol. The highest BCUT2D eigenvalue weighted by Gasteiger charge is 2.11. The molecule has 0 spiro atoms. The largest absolute Gasteiger partial charge is 0.490 e. The summed E-state index contributed by atoms with van der Waals surface area (Å²) in [4.78, 5) is 0. The van der Waals surface area contributed by atoms with Crippen LogP contribution in [0.5, 0.6) is 0 Å². The maximum absolute atomic E-state index is 9.11. The molecular formula is C9H15BO4. The van der Waals surface area contributed by atoms with E-state index < -0.39 is 7.12 Å². The molecule has 0 radical (unpaired) electrons. The van der Waals surface area contributed by atoms with Gasteiger partial charge in [-0.05, 0) is 5.46 Å². The Bertz CT molecular complexity index is 215. The molecule has 0 unspecified atom stereocenters. The van der Waals surface area contributed by atoms with Gasteiger partial charge in [0, 0.05) is 7.11 Å². The Kier molecular flexibility index (Phi) is 8.17. The highest BCUT2D eigenvalue weighted by molar-refractivity contribution is 6.59. The first-order valence-electron chi connectivity index (χ1n) is 4.23. The monoisotopic (exact) mass is 198 g/mol. The van der Waals surface area contributed by atoms with Crippen LogP contribution < -0.4 is 5.46 Å². The first-order chi connectivity index (χ1) is 6.76. The number of hydrogen-bond donors (Lipinski definition) is 3. The lowest BCUT2D eigenvalue weighted by Crippen LogP contribution is -2.31. The Labute approximate surface area is 83.9 Å². The molecule has 0 saturated heterocycles. The van der Waals surface area contributed by atoms with Crippen LogP contribution in [0.4, 0.5) is 0 Å². The average molecular weight is 198 g/mol. The molecule has 1 rings (SSSR count). The minimum atomic E-state index is -0.791. The molecule has 5 heteroatoms. The van der Waals surface area contributed by atoms with Crippen LogP contribution in [0.15, 0.2) is 30.3 Å². The van der Waals surface area contributed by atoms with Crippen LogP contribution in [-0.2, 0) is 4.65 Å². The molecule has 4 nitrogen and oxygen atoms in total. The van der Waals surface area contributed by atoms with Gasteiger partial charge in [0.2, 0.25) is 0 Å². The number of aliphatic hydroxyl groups excluding tert-OH is 2. The van der Waals surface area contributed by atoms with Crippen molar-refractivity contribution in [2.24, 2.45) is 0 Å². The van der Waals surface area contributed by atoms with E-state index in [0.29, 0.717) is 0 Å². The van der Waals surface area contributed by atoms with E-state index in [-0.39, 0.29) is 13.2 Å². The molecule has 0 aliphatic carbocycles. The summed E-state index contributed by atoms with van der Waals surface area (Å²) in [5.41, 5.74) is 0.782. The molecule has 0 aromatic heterocycles. The lowest BCUT2D eigenvalue weighted by Gasteiger charge is -2.00. The Hall–Kier alpha value is -0.875. The van der Waals surface area contributed by atoms with E-state index in [0.717, 1.165) is 5.46 Å². The first kappa shape index (κ1) is 13.1. The van der Waals surface area contributed by atoms with Gasteiger partial charge in [-0.15, -0.1) is 0 Å². The van der Waals surface area contributed by atoms with Crippen molar-refractivity contribution in [1.29, 1.82) is 0 Å². The number of aliphatic hydroxyl groups is 2. The molecule has 0 amide bonds. The van der Waals surface area contributed by atoms with Gasteiger partial charge in [0.15, 0.2) is 0 Å². The molecular weight excluding hydrogens is 183 g/mol. The van der Waals surface area contributed by atoms with Crippen LogP contribution in [0.1, 0.15) is 0 Å². The SMILES string of the molecule is COB(O)c1ccccc1.OCCO. The van der Waals surface area contributed by atoms with Gasteiger partial charge in [-0.3, -0.25) is 0 Å². The second-order valence-electron chi connectivity index (χ2n) is 2.45. The Morgan fingerprint density at radius 2 is 1.64 bits per heavy atom. The highest BCUT2D eigenvalue weighted by atomic mass is 16.5. The van der Waals surface area contributed by atoms with Gasteiger partial charge in [0.1, 0.15) is 0 Å². The molecule has 0 saturated carbocycles. The predicted octanol–water partition coefficient (Wildman–Crippen LogP) is -1.01. The highest BCUT2D eigenvalue weighted by Crippen LogP contribution is 1.85. The normalized spacial score (nSPS) is 8.86. The number of benzene rings is 1. The van der Waals surface area contributed by atoms with Crippen LogP contribution in [0, 0.1) is 0 Å². The Morgan fingerprint density at radius 3 is 2.00 bits per heavy atom. The third kappa shape index (κ3) is 5.72. The van der Waals surface area contributed by atoms with Gasteiger partial charge in [0.05, 0.1) is 13.2 Å². The van der Waals surface area contributed by atoms with Crippen LogP contribution in [-0.4, -0.2) is 42.7 Å². The van der Waals surface area contributed by atoms with Gasteiger partial charge in [0.25, 0.3) is 0 Å². The van der Waals surface area contributed by atoms with Crippen LogP contribution in [0.2, 0.25) is 0 Å². The van der Waals surface area contributed by atoms with E-state index in [1.165, 1.54) is 7.11 Å². The lowest BCUT2D eigenvalue weighted by molar-refractivity contribution is 0.186. The molecule has 1 aromatic carbocycles. The van der Waals surface area contributed by atoms with E-state index in [9.17, 15) is 0 Å². The molecule has 1 aromatic rings. The zero-order valence-corrected chi connectivity index (χ0v) is 8.13. The zero-order valence-electron chi connectivity index (χ0n) is 8.13. The lowest BCUT2D eigenvalue weighted by atomic mass is 9.80. The van der Waals surface area contributed by atoms with E-state index >= 15 is 0 Å². The zero-order chi connectivity index (χ0) is 10.8. The summed E-state index contributed by atoms with van der Waals surface area (Å²) < 4.78 is 4.69. The van der Waals surface area contributed by atoms with Crippen molar-refractivity contribution in [2.75, 3.05) is 20.3 Å². The standard InChI is InChI=1S/C7H9BO2.C2H6O2/c1-10-8(9)7-5-3-2-4-6-7;3-1-2-4/h2-6,9H,1H3;3-4H,1-2H2. The number of hydrogen-bond acceptors (Lipinski definition) is 4. The molecule has 0 heterocycles. The summed E-state index contributed by atoms with van der Waals surface area (Å²) in [7, 11) is 0.679. The summed E-state index contributed by atoms with van der Waals surface area (Å²) in [6.07, 6.45) is 0. The van der Waals surface area contributed by atoms with E-state index in [1.807, 2.05) is 30.3 Å². The molecule has 0 aliphatic heterocycles. The second kappa shape index (κ2) is 8.71. The third-order valence-corrected chi connectivity index (χ3v) is 1.41. The minimum Gasteiger partial charge on any atom is -0.423 e. The average Bonchev–Trinajstić information content (AvgIpc) is 2.29. The smallest absolute Gasteiger partial charge is 0.423 e. The molecule has 0 fully saturated rings. The maximum atomic E-state index is 9.11. The fourth-order valence-electron chi connectivity index (χ4n) is 0.754. The van der Waals surface area contributed by atoms with Gasteiger partial charge in [-0.1, -0.05) is 30.3 Å². The molecule has 0 bridgehead atoms. The van der Waals surface area contributed by atoms with Crippen LogP contribution in [0.25, 0.3) is 0 Å². The molecule has 3 N–H and O–H groups in total. The molecule has 0 atom stereocenters. The fraction of sp³-hybridized carbons (Fsp3) is 0.333. The van der Waals surface area contributed by atoms with Crippen molar-refractivity contribution in [2.45, 2.75) is 0 Å². The van der Waals surface area contributed by atoms with Crippen molar-refractivity contribution in [3.63, 3.8) is 0 Å². The summed E-state index contributed by atoms with van der Waals surface area (Å²) >= 11 is 0. The second-order valence-corrected chi connectivity index (χ2v) is 2.45. The summed E-state index contributed by atoms with van der Waals surface area (Å²) in [5, 5.41) is 24.4. The van der Waals surface area contributed by atoms with Crippen molar-refractivity contribution in [3.8, 4) is 0 Å². The van der Waals surface area contributed by atoms with Crippen molar-refractivity contribution in [3.05, 3.63) is 30.3 Å². The number of rotatable bonds is 3. The summed E-state index contributed by atoms with van der Waals surface area (Å²) in [6.45, 7) is -0.250. The molecule has 14 heavy (non-hydrogen) atoms.